The monoisotopic (exact) mass is 291 g/mol. The molecule has 120 valence electrons. The molecule has 0 aromatic rings. The van der Waals surface area contributed by atoms with Gasteiger partial charge in [0.1, 0.15) is 0 Å². The molecule has 0 aliphatic heterocycles. The average molecular weight is 291 g/mol. The molecule has 1 N–H and O–H groups in total. The zero-order valence-corrected chi connectivity index (χ0v) is 14.2. The van der Waals surface area contributed by atoms with Gasteiger partial charge in [0.2, 0.25) is 0 Å². The van der Waals surface area contributed by atoms with Gasteiger partial charge in [-0.25, -0.2) is 0 Å². The van der Waals surface area contributed by atoms with Crippen molar-refractivity contribution in [2.24, 2.45) is 23.2 Å². The standard InChI is InChI=1S/C19H33NO/c1-4-16-7-5-9-18(12-16,14-20)19(21)10-6-8-17(13-19)11-15(2)3/h15-17,21H,4-13H2,1-3H3. The largest absolute Gasteiger partial charge is 0.388 e. The van der Waals surface area contributed by atoms with Gasteiger partial charge in [0.15, 0.2) is 0 Å². The molecule has 2 aliphatic carbocycles. The van der Waals surface area contributed by atoms with Crippen LogP contribution in [0.5, 0.6) is 0 Å². The summed E-state index contributed by atoms with van der Waals surface area (Å²) in [5.41, 5.74) is -1.20. The van der Waals surface area contributed by atoms with Crippen LogP contribution in [0.25, 0.3) is 0 Å². The molecule has 2 fully saturated rings. The van der Waals surface area contributed by atoms with Crippen LogP contribution in [0.1, 0.15) is 85.0 Å². The number of nitrogens with zero attached hydrogens (tertiary/aromatic N) is 1. The van der Waals surface area contributed by atoms with E-state index in [1.165, 1.54) is 19.3 Å². The second-order valence-corrected chi connectivity index (χ2v) is 8.19. The van der Waals surface area contributed by atoms with E-state index in [0.29, 0.717) is 17.8 Å². The van der Waals surface area contributed by atoms with Crippen LogP contribution in [0.4, 0.5) is 0 Å². The first-order valence-electron chi connectivity index (χ1n) is 9.08. The number of aliphatic hydroxyl groups is 1. The summed E-state index contributed by atoms with van der Waals surface area (Å²) in [6, 6.07) is 2.62. The van der Waals surface area contributed by atoms with Crippen LogP contribution < -0.4 is 0 Å². The van der Waals surface area contributed by atoms with Crippen LogP contribution >= 0.6 is 0 Å². The van der Waals surface area contributed by atoms with Crippen molar-refractivity contribution < 1.29 is 5.11 Å². The third-order valence-corrected chi connectivity index (χ3v) is 6.17. The molecule has 2 heteroatoms. The summed E-state index contributed by atoms with van der Waals surface area (Å²) >= 11 is 0. The molecule has 0 heterocycles. The van der Waals surface area contributed by atoms with Crippen LogP contribution in [0, 0.1) is 34.5 Å². The van der Waals surface area contributed by atoms with Crippen LogP contribution in [-0.2, 0) is 0 Å². The Kier molecular flexibility index (Phi) is 5.36. The second kappa shape index (κ2) is 6.69. The molecule has 2 saturated carbocycles. The lowest BCUT2D eigenvalue weighted by Gasteiger charge is -2.50. The minimum absolute atomic E-state index is 0.471. The maximum Gasteiger partial charge on any atom is 0.0863 e. The normalized spacial score (nSPS) is 41.0. The van der Waals surface area contributed by atoms with Crippen molar-refractivity contribution in [1.29, 1.82) is 5.26 Å². The molecular formula is C19H33NO. The SMILES string of the molecule is CCC1CCCC(C#N)(C2(O)CCCC(CC(C)C)C2)C1. The van der Waals surface area contributed by atoms with Gasteiger partial charge in [-0.1, -0.05) is 52.9 Å². The Labute approximate surface area is 130 Å². The fraction of sp³-hybridized carbons (Fsp3) is 0.947. The van der Waals surface area contributed by atoms with Crippen molar-refractivity contribution in [3.05, 3.63) is 0 Å². The topological polar surface area (TPSA) is 44.0 Å². The minimum atomic E-state index is -0.729. The molecule has 0 aromatic carbocycles. The summed E-state index contributed by atoms with van der Waals surface area (Å²) in [7, 11) is 0. The fourth-order valence-electron chi connectivity index (χ4n) is 5.03. The summed E-state index contributed by atoms with van der Waals surface area (Å²) in [5, 5.41) is 21.4. The Morgan fingerprint density at radius 1 is 1.14 bits per heavy atom. The van der Waals surface area contributed by atoms with Gasteiger partial charge in [0, 0.05) is 0 Å². The highest BCUT2D eigenvalue weighted by Gasteiger charge is 2.54. The summed E-state index contributed by atoms with van der Waals surface area (Å²) in [6.07, 6.45) is 10.6. The molecule has 0 aromatic heterocycles. The van der Waals surface area contributed by atoms with Crippen molar-refractivity contribution in [3.8, 4) is 6.07 Å². The predicted molar refractivity (Wildman–Crippen MR) is 86.7 cm³/mol. The average Bonchev–Trinajstić information content (AvgIpc) is 2.46. The van der Waals surface area contributed by atoms with Crippen molar-refractivity contribution in [2.45, 2.75) is 90.6 Å². The molecule has 4 atom stereocenters. The van der Waals surface area contributed by atoms with E-state index in [2.05, 4.69) is 26.8 Å². The van der Waals surface area contributed by atoms with Gasteiger partial charge in [-0.3, -0.25) is 0 Å². The lowest BCUT2D eigenvalue weighted by atomic mass is 9.55. The molecule has 2 aliphatic rings. The van der Waals surface area contributed by atoms with E-state index >= 15 is 0 Å². The van der Waals surface area contributed by atoms with Gasteiger partial charge in [-0.15, -0.1) is 0 Å². The highest BCUT2D eigenvalue weighted by Crippen LogP contribution is 2.54. The van der Waals surface area contributed by atoms with Crippen LogP contribution in [0.2, 0.25) is 0 Å². The van der Waals surface area contributed by atoms with Gasteiger partial charge in [0.25, 0.3) is 0 Å². The van der Waals surface area contributed by atoms with Gasteiger partial charge in [0.05, 0.1) is 17.1 Å². The molecule has 0 bridgehead atoms. The summed E-state index contributed by atoms with van der Waals surface area (Å²) in [6.45, 7) is 6.76. The lowest BCUT2D eigenvalue weighted by molar-refractivity contribution is -0.118. The van der Waals surface area contributed by atoms with E-state index in [1.54, 1.807) is 0 Å². The third-order valence-electron chi connectivity index (χ3n) is 6.17. The quantitative estimate of drug-likeness (QED) is 0.786. The zero-order valence-electron chi connectivity index (χ0n) is 14.2. The van der Waals surface area contributed by atoms with E-state index in [0.717, 1.165) is 44.9 Å². The first-order chi connectivity index (χ1) is 9.94. The maximum absolute atomic E-state index is 11.4. The number of hydrogen-bond acceptors (Lipinski definition) is 2. The van der Waals surface area contributed by atoms with E-state index in [-0.39, 0.29) is 0 Å². The molecule has 0 saturated heterocycles. The van der Waals surface area contributed by atoms with Crippen molar-refractivity contribution in [1.82, 2.24) is 0 Å². The minimum Gasteiger partial charge on any atom is -0.388 e. The van der Waals surface area contributed by atoms with Gasteiger partial charge in [-0.05, 0) is 49.9 Å². The Balaban J connectivity index is 2.17. The fourth-order valence-corrected chi connectivity index (χ4v) is 5.03. The van der Waals surface area contributed by atoms with Crippen molar-refractivity contribution >= 4 is 0 Å². The molecule has 0 spiro atoms. The summed E-state index contributed by atoms with van der Waals surface area (Å²) in [4.78, 5) is 0. The smallest absolute Gasteiger partial charge is 0.0863 e. The molecule has 2 rings (SSSR count). The molecule has 0 radical (unpaired) electrons. The summed E-state index contributed by atoms with van der Waals surface area (Å²) < 4.78 is 0. The Morgan fingerprint density at radius 3 is 2.43 bits per heavy atom. The first kappa shape index (κ1) is 16.8. The third kappa shape index (κ3) is 3.45. The molecule has 0 amide bonds. The van der Waals surface area contributed by atoms with E-state index in [4.69, 9.17) is 0 Å². The molecule has 21 heavy (non-hydrogen) atoms. The van der Waals surface area contributed by atoms with E-state index in [9.17, 15) is 10.4 Å². The van der Waals surface area contributed by atoms with Crippen LogP contribution in [0.15, 0.2) is 0 Å². The number of hydrogen-bond donors (Lipinski definition) is 1. The van der Waals surface area contributed by atoms with Gasteiger partial charge in [-0.2, -0.15) is 5.26 Å². The van der Waals surface area contributed by atoms with Crippen molar-refractivity contribution in [3.63, 3.8) is 0 Å². The van der Waals surface area contributed by atoms with Gasteiger partial charge < -0.3 is 5.11 Å². The predicted octanol–water partition coefficient (Wildman–Crippen LogP) is 5.06. The second-order valence-electron chi connectivity index (χ2n) is 8.19. The Bertz CT molecular complexity index is 386. The number of rotatable bonds is 4. The van der Waals surface area contributed by atoms with Crippen LogP contribution in [0.3, 0.4) is 0 Å². The Hall–Kier alpha value is -0.550. The highest BCUT2D eigenvalue weighted by molar-refractivity contribution is 5.14. The highest BCUT2D eigenvalue weighted by atomic mass is 16.3. The van der Waals surface area contributed by atoms with Crippen molar-refractivity contribution in [2.75, 3.05) is 0 Å². The van der Waals surface area contributed by atoms with E-state index < -0.39 is 11.0 Å². The van der Waals surface area contributed by atoms with Crippen LogP contribution in [-0.4, -0.2) is 10.7 Å². The maximum atomic E-state index is 11.4. The molecule has 2 nitrogen and oxygen atoms in total. The first-order valence-corrected chi connectivity index (χ1v) is 9.08. The Morgan fingerprint density at radius 2 is 1.81 bits per heavy atom. The van der Waals surface area contributed by atoms with E-state index in [1.807, 2.05) is 0 Å². The summed E-state index contributed by atoms with van der Waals surface area (Å²) in [5.74, 6) is 1.93. The van der Waals surface area contributed by atoms with Gasteiger partial charge >= 0.3 is 0 Å². The number of nitriles is 1. The molecule has 4 unspecified atom stereocenters. The lowest BCUT2D eigenvalue weighted by Crippen LogP contribution is -2.52. The zero-order chi connectivity index (χ0) is 15.5. The molecular weight excluding hydrogens is 258 g/mol.